The van der Waals surface area contributed by atoms with Crippen molar-refractivity contribution in [1.82, 2.24) is 24.9 Å². The Morgan fingerprint density at radius 2 is 2.00 bits per heavy atom. The van der Waals surface area contributed by atoms with Gasteiger partial charge in [-0.2, -0.15) is 23.4 Å². The number of nitrogens with zero attached hydrogens (tertiary/aromatic N) is 4. The Hall–Kier alpha value is -1.84. The maximum atomic E-state index is 13.3. The summed E-state index contributed by atoms with van der Waals surface area (Å²) < 4.78 is 43.9. The van der Waals surface area contributed by atoms with Crippen LogP contribution in [0.5, 0.6) is 0 Å². The number of aryl methyl sites for hydroxylation is 2. The van der Waals surface area contributed by atoms with E-state index in [2.05, 4.69) is 31.4 Å². The van der Waals surface area contributed by atoms with E-state index >= 15 is 0 Å². The topological polar surface area (TPSA) is 64.7 Å². The summed E-state index contributed by atoms with van der Waals surface area (Å²) in [5.74, 6) is -0.332. The summed E-state index contributed by atoms with van der Waals surface area (Å²) in [6.45, 7) is 2.77. The van der Waals surface area contributed by atoms with E-state index < -0.39 is 11.9 Å². The third-order valence-electron chi connectivity index (χ3n) is 4.84. The lowest BCUT2D eigenvalue weighted by atomic mass is 10.1. The Morgan fingerprint density at radius 1 is 1.25 bits per heavy atom. The third-order valence-corrected chi connectivity index (χ3v) is 5.62. The van der Waals surface area contributed by atoms with E-state index in [4.69, 9.17) is 0 Å². The zero-order valence-electron chi connectivity index (χ0n) is 15.7. The summed E-state index contributed by atoms with van der Waals surface area (Å²) in [6.07, 6.45) is 1.37. The minimum atomic E-state index is -4.49. The van der Waals surface area contributed by atoms with Crippen LogP contribution in [0, 0.1) is 6.92 Å². The summed E-state index contributed by atoms with van der Waals surface area (Å²) in [7, 11) is 0. The number of hydrogen-bond acceptors (Lipinski definition) is 3. The van der Waals surface area contributed by atoms with Gasteiger partial charge in [-0.05, 0) is 55.0 Å². The van der Waals surface area contributed by atoms with Crippen LogP contribution in [0.2, 0.25) is 0 Å². The van der Waals surface area contributed by atoms with Gasteiger partial charge < -0.3 is 5.32 Å². The molecule has 2 aromatic heterocycles. The monoisotopic (exact) mass is 461 g/mol. The number of carbonyl (C=O) groups is 1. The van der Waals surface area contributed by atoms with Gasteiger partial charge in [0.25, 0.3) is 0 Å². The van der Waals surface area contributed by atoms with Crippen molar-refractivity contribution in [1.29, 1.82) is 0 Å². The summed E-state index contributed by atoms with van der Waals surface area (Å²) in [6, 6.07) is 0. The molecule has 1 N–H and O–H groups in total. The fourth-order valence-corrected chi connectivity index (χ4v) is 3.79. The number of amides is 1. The van der Waals surface area contributed by atoms with E-state index in [-0.39, 0.29) is 18.0 Å². The number of alkyl halides is 3. The van der Waals surface area contributed by atoms with Crippen LogP contribution in [0.3, 0.4) is 0 Å². The van der Waals surface area contributed by atoms with Crippen molar-refractivity contribution in [3.05, 3.63) is 33.3 Å². The molecule has 2 aromatic rings. The smallest absolute Gasteiger partial charge is 0.354 e. The van der Waals surface area contributed by atoms with Crippen LogP contribution in [0.4, 0.5) is 13.2 Å². The molecule has 0 atom stereocenters. The highest BCUT2D eigenvalue weighted by atomic mass is 79.9. The number of nitrogens with one attached hydrogen (secondary N) is 1. The van der Waals surface area contributed by atoms with Crippen LogP contribution in [-0.2, 0) is 36.9 Å². The number of fused-ring (bicyclic) bond motifs is 1. The van der Waals surface area contributed by atoms with E-state index in [1.807, 2.05) is 13.1 Å². The third kappa shape index (κ3) is 4.95. The summed E-state index contributed by atoms with van der Waals surface area (Å²) in [5, 5.41) is 10.8. The Balaban J connectivity index is 1.58. The highest BCUT2D eigenvalue weighted by Gasteiger charge is 2.39. The molecular weight excluding hydrogens is 439 g/mol. The SMILES string of the molecule is Cc1nn(CCCNC(=O)Cn2nc(C(F)(F)F)c3c2CCCCC3)cc1Br. The lowest BCUT2D eigenvalue weighted by Gasteiger charge is -2.09. The second-order valence-electron chi connectivity index (χ2n) is 7.02. The Bertz CT molecular complexity index is 824. The van der Waals surface area contributed by atoms with Gasteiger partial charge in [0.2, 0.25) is 5.91 Å². The van der Waals surface area contributed by atoms with E-state index in [9.17, 15) is 18.0 Å². The van der Waals surface area contributed by atoms with E-state index in [0.29, 0.717) is 38.0 Å². The number of hydrogen-bond donors (Lipinski definition) is 1. The Morgan fingerprint density at radius 3 is 2.68 bits per heavy atom. The van der Waals surface area contributed by atoms with Gasteiger partial charge in [0.05, 0.1) is 10.2 Å². The largest absolute Gasteiger partial charge is 0.435 e. The lowest BCUT2D eigenvalue weighted by molar-refractivity contribution is -0.142. The molecule has 0 bridgehead atoms. The van der Waals surface area contributed by atoms with Crippen molar-refractivity contribution in [2.24, 2.45) is 0 Å². The van der Waals surface area contributed by atoms with Crippen molar-refractivity contribution in [2.45, 2.75) is 64.7 Å². The normalized spacial score (nSPS) is 14.6. The number of aromatic nitrogens is 4. The molecule has 0 saturated heterocycles. The molecule has 2 heterocycles. The fourth-order valence-electron chi connectivity index (χ4n) is 3.47. The average Bonchev–Trinajstić information content (AvgIpc) is 3.00. The van der Waals surface area contributed by atoms with Crippen LogP contribution < -0.4 is 5.32 Å². The first kappa shape index (κ1) is 20.9. The summed E-state index contributed by atoms with van der Waals surface area (Å²) in [5.41, 5.74) is 0.870. The highest BCUT2D eigenvalue weighted by Crippen LogP contribution is 2.35. The summed E-state index contributed by atoms with van der Waals surface area (Å²) in [4.78, 5) is 12.2. The minimum Gasteiger partial charge on any atom is -0.354 e. The molecule has 0 radical (unpaired) electrons. The van der Waals surface area contributed by atoms with Gasteiger partial charge in [-0.1, -0.05) is 6.42 Å². The van der Waals surface area contributed by atoms with Gasteiger partial charge in [0.1, 0.15) is 6.54 Å². The summed E-state index contributed by atoms with van der Waals surface area (Å²) >= 11 is 3.39. The van der Waals surface area contributed by atoms with Gasteiger partial charge in [-0.3, -0.25) is 14.2 Å². The fraction of sp³-hybridized carbons (Fsp3) is 0.611. The Kier molecular flexibility index (Phi) is 6.47. The van der Waals surface area contributed by atoms with Crippen molar-refractivity contribution >= 4 is 21.8 Å². The molecule has 10 heteroatoms. The predicted octanol–water partition coefficient (Wildman–Crippen LogP) is 3.64. The minimum absolute atomic E-state index is 0.190. The molecule has 0 unspecified atom stereocenters. The van der Waals surface area contributed by atoms with Gasteiger partial charge in [-0.15, -0.1) is 0 Å². The van der Waals surface area contributed by atoms with E-state index in [0.717, 1.165) is 29.4 Å². The first-order valence-electron chi connectivity index (χ1n) is 9.37. The van der Waals surface area contributed by atoms with Crippen LogP contribution in [0.25, 0.3) is 0 Å². The van der Waals surface area contributed by atoms with Gasteiger partial charge in [0.15, 0.2) is 5.69 Å². The average molecular weight is 462 g/mol. The predicted molar refractivity (Wildman–Crippen MR) is 101 cm³/mol. The van der Waals surface area contributed by atoms with Crippen molar-refractivity contribution in [3.8, 4) is 0 Å². The molecule has 3 rings (SSSR count). The molecule has 0 spiro atoms. The maximum Gasteiger partial charge on any atom is 0.435 e. The number of carbonyl (C=O) groups excluding carboxylic acids is 1. The zero-order valence-corrected chi connectivity index (χ0v) is 17.2. The van der Waals surface area contributed by atoms with E-state index in [1.54, 1.807) is 4.68 Å². The maximum absolute atomic E-state index is 13.3. The molecule has 1 aliphatic carbocycles. The Labute approximate surface area is 169 Å². The molecule has 1 amide bonds. The number of rotatable bonds is 6. The van der Waals surface area contributed by atoms with E-state index in [1.165, 1.54) is 4.68 Å². The molecule has 0 saturated carbocycles. The van der Waals surface area contributed by atoms with Crippen molar-refractivity contribution < 1.29 is 18.0 Å². The highest BCUT2D eigenvalue weighted by molar-refractivity contribution is 9.10. The first-order chi connectivity index (χ1) is 13.3. The molecule has 154 valence electrons. The second kappa shape index (κ2) is 8.67. The molecule has 1 aliphatic rings. The standard InChI is InChI=1S/C18H23BrF3N5O/c1-12-14(19)10-26(24-12)9-5-8-23-16(28)11-27-15-7-4-2-3-6-13(15)17(25-27)18(20,21)22/h10H,2-9,11H2,1H3,(H,23,28). The van der Waals surface area contributed by atoms with Crippen molar-refractivity contribution in [3.63, 3.8) is 0 Å². The van der Waals surface area contributed by atoms with Gasteiger partial charge in [0, 0.05) is 30.5 Å². The van der Waals surface area contributed by atoms with Crippen molar-refractivity contribution in [2.75, 3.05) is 6.54 Å². The molecule has 28 heavy (non-hydrogen) atoms. The quantitative estimate of drug-likeness (QED) is 0.527. The molecule has 0 fully saturated rings. The van der Waals surface area contributed by atoms with Gasteiger partial charge >= 0.3 is 6.18 Å². The van der Waals surface area contributed by atoms with Crippen LogP contribution in [0.1, 0.15) is 48.3 Å². The molecule has 6 nitrogen and oxygen atoms in total. The first-order valence-corrected chi connectivity index (χ1v) is 10.2. The van der Waals surface area contributed by atoms with Crippen LogP contribution in [0.15, 0.2) is 10.7 Å². The second-order valence-corrected chi connectivity index (χ2v) is 7.87. The number of halogens is 4. The zero-order chi connectivity index (χ0) is 20.3. The molecule has 0 aromatic carbocycles. The van der Waals surface area contributed by atoms with Crippen LogP contribution in [-0.4, -0.2) is 32.0 Å². The lowest BCUT2D eigenvalue weighted by Crippen LogP contribution is -2.30. The molecular formula is C18H23BrF3N5O. The molecule has 0 aliphatic heterocycles. The van der Waals surface area contributed by atoms with Gasteiger partial charge in [-0.25, -0.2) is 0 Å². The van der Waals surface area contributed by atoms with Crippen LogP contribution >= 0.6 is 15.9 Å².